The average Bonchev–Trinajstić information content (AvgIpc) is 3.77. The van der Waals surface area contributed by atoms with Gasteiger partial charge < -0.3 is 14.0 Å². The molecule has 0 spiro atoms. The SMILES string of the molecule is CC(C)c1cccc(C(C)C)c1-n1c(-c2[c-]ccc3c2oc2ccccc23)nc2cnc3ccccc3c21.[2H]C([2H])([2H])c1c[c-]c(-c2ccc(C)cn2)c(F)c1.[Ir]. The second-order valence-electron chi connectivity index (χ2n) is 13.9. The number of aryl methyl sites for hydroxylation is 2. The number of fused-ring (bicyclic) bond motifs is 6. The van der Waals surface area contributed by atoms with Gasteiger partial charge in [-0.3, -0.25) is 14.4 Å². The second kappa shape index (κ2) is 15.1. The van der Waals surface area contributed by atoms with Crippen LogP contribution in [0.25, 0.3) is 72.2 Å². The first-order chi connectivity index (χ1) is 26.9. The molecule has 0 bridgehead atoms. The summed E-state index contributed by atoms with van der Waals surface area (Å²) in [5, 5.41) is 3.24. The normalized spacial score (nSPS) is 12.5. The van der Waals surface area contributed by atoms with Crippen LogP contribution in [0.1, 0.15) is 65.9 Å². The van der Waals surface area contributed by atoms with Crippen molar-refractivity contribution in [2.75, 3.05) is 0 Å². The van der Waals surface area contributed by atoms with E-state index in [2.05, 4.69) is 104 Å². The molecule has 9 aromatic rings. The van der Waals surface area contributed by atoms with Crippen LogP contribution in [0.15, 0.2) is 120 Å². The molecular weight excluding hydrogens is 848 g/mol. The van der Waals surface area contributed by atoms with E-state index in [-0.39, 0.29) is 31.2 Å². The van der Waals surface area contributed by atoms with Crippen LogP contribution in [0.3, 0.4) is 0 Å². The van der Waals surface area contributed by atoms with Crippen LogP contribution >= 0.6 is 0 Å². The molecule has 1 radical (unpaired) electrons. The van der Waals surface area contributed by atoms with Crippen molar-refractivity contribution < 1.29 is 33.0 Å². The number of rotatable bonds is 5. The van der Waals surface area contributed by atoms with Gasteiger partial charge in [0.25, 0.3) is 0 Å². The summed E-state index contributed by atoms with van der Waals surface area (Å²) < 4.78 is 44.3. The minimum absolute atomic E-state index is 0. The predicted octanol–water partition coefficient (Wildman–Crippen LogP) is 12.5. The van der Waals surface area contributed by atoms with Crippen LogP contribution in [-0.2, 0) is 20.1 Å². The van der Waals surface area contributed by atoms with Crippen molar-refractivity contribution in [2.45, 2.75) is 53.3 Å². The van der Waals surface area contributed by atoms with Gasteiger partial charge in [-0.2, -0.15) is 0 Å². The molecule has 0 fully saturated rings. The third-order valence-corrected chi connectivity index (χ3v) is 9.58. The maximum absolute atomic E-state index is 13.8. The minimum atomic E-state index is -2.32. The molecule has 4 heterocycles. The molecule has 0 amide bonds. The largest absolute Gasteiger partial charge is 0.501 e. The number of hydrogen-bond donors (Lipinski definition) is 0. The zero-order valence-electron chi connectivity index (χ0n) is 33.5. The van der Waals surface area contributed by atoms with Gasteiger partial charge in [-0.05, 0) is 53.3 Å². The van der Waals surface area contributed by atoms with E-state index in [1.165, 1.54) is 22.9 Å². The number of halogens is 1. The van der Waals surface area contributed by atoms with Crippen molar-refractivity contribution in [1.29, 1.82) is 0 Å². The van der Waals surface area contributed by atoms with Gasteiger partial charge in [0.1, 0.15) is 5.58 Å². The summed E-state index contributed by atoms with van der Waals surface area (Å²) in [7, 11) is 0. The maximum Gasteiger partial charge on any atom is 0.120 e. The van der Waals surface area contributed by atoms with Crippen LogP contribution in [-0.4, -0.2) is 19.5 Å². The van der Waals surface area contributed by atoms with Crippen LogP contribution < -0.4 is 0 Å². The van der Waals surface area contributed by atoms with Gasteiger partial charge in [0, 0.05) is 52.7 Å². The molecule has 271 valence electrons. The Kier molecular flexibility index (Phi) is 9.25. The van der Waals surface area contributed by atoms with E-state index < -0.39 is 12.7 Å². The van der Waals surface area contributed by atoms with Crippen molar-refractivity contribution in [3.05, 3.63) is 156 Å². The van der Waals surface area contributed by atoms with Crippen molar-refractivity contribution in [3.63, 3.8) is 0 Å². The van der Waals surface area contributed by atoms with Crippen LogP contribution in [0.4, 0.5) is 4.39 Å². The number of furan rings is 1. The third-order valence-electron chi connectivity index (χ3n) is 9.58. The quantitative estimate of drug-likeness (QED) is 0.162. The van der Waals surface area contributed by atoms with Crippen molar-refractivity contribution >= 4 is 43.9 Å². The van der Waals surface area contributed by atoms with Gasteiger partial charge in [-0.1, -0.05) is 118 Å². The van der Waals surface area contributed by atoms with E-state index in [0.717, 1.165) is 66.9 Å². The molecule has 5 aromatic carbocycles. The fraction of sp³-hybridized carbons (Fsp3) is 0.170. The Morgan fingerprint density at radius 1 is 0.741 bits per heavy atom. The summed E-state index contributed by atoms with van der Waals surface area (Å²) in [5.41, 5.74) is 10.7. The zero-order chi connectivity index (χ0) is 39.3. The van der Waals surface area contributed by atoms with Gasteiger partial charge in [0.15, 0.2) is 0 Å². The Balaban J connectivity index is 0.000000221. The van der Waals surface area contributed by atoms with Gasteiger partial charge in [0.05, 0.1) is 34.2 Å². The Hall–Kier alpha value is -5.49. The van der Waals surface area contributed by atoms with Gasteiger partial charge in [-0.25, -0.2) is 0 Å². The van der Waals surface area contributed by atoms with E-state index in [4.69, 9.17) is 18.5 Å². The summed E-state index contributed by atoms with van der Waals surface area (Å²) in [6, 6.07) is 39.2. The van der Waals surface area contributed by atoms with E-state index in [9.17, 15) is 4.39 Å². The van der Waals surface area contributed by atoms with E-state index in [0.29, 0.717) is 17.5 Å². The van der Waals surface area contributed by atoms with Crippen LogP contribution in [0, 0.1) is 31.7 Å². The second-order valence-corrected chi connectivity index (χ2v) is 13.9. The molecule has 0 unspecified atom stereocenters. The molecule has 0 aliphatic heterocycles. The van der Waals surface area contributed by atoms with Crippen LogP contribution in [0.2, 0.25) is 0 Å². The number of imidazole rings is 1. The summed E-state index contributed by atoms with van der Waals surface area (Å²) >= 11 is 0. The number of aromatic nitrogens is 4. The van der Waals surface area contributed by atoms with Gasteiger partial charge in [0.2, 0.25) is 0 Å². The summed E-state index contributed by atoms with van der Waals surface area (Å²) in [6.07, 6.45) is 3.52. The minimum Gasteiger partial charge on any atom is -0.501 e. The number of para-hydroxylation sites is 3. The molecular formula is C47H39FIrN4O-2. The molecule has 7 heteroatoms. The summed E-state index contributed by atoms with van der Waals surface area (Å²) in [6.45, 7) is 8.59. The van der Waals surface area contributed by atoms with Gasteiger partial charge in [-0.15, -0.1) is 42.0 Å². The van der Waals surface area contributed by atoms with Crippen molar-refractivity contribution in [1.82, 2.24) is 19.5 Å². The molecule has 0 aliphatic carbocycles. The van der Waals surface area contributed by atoms with Gasteiger partial charge >= 0.3 is 0 Å². The Morgan fingerprint density at radius 3 is 2.19 bits per heavy atom. The molecule has 5 nitrogen and oxygen atoms in total. The average molecular weight is 890 g/mol. The fourth-order valence-corrected chi connectivity index (χ4v) is 7.00. The molecule has 54 heavy (non-hydrogen) atoms. The molecule has 4 aromatic heterocycles. The smallest absolute Gasteiger partial charge is 0.120 e. The molecule has 0 aliphatic rings. The first-order valence-electron chi connectivity index (χ1n) is 19.3. The maximum atomic E-state index is 13.8. The number of hydrogen-bond acceptors (Lipinski definition) is 4. The van der Waals surface area contributed by atoms with Crippen molar-refractivity contribution in [2.24, 2.45) is 0 Å². The zero-order valence-corrected chi connectivity index (χ0v) is 32.9. The topological polar surface area (TPSA) is 56.7 Å². The molecule has 9 rings (SSSR count). The predicted molar refractivity (Wildman–Crippen MR) is 214 cm³/mol. The number of nitrogens with zero attached hydrogens (tertiary/aromatic N) is 4. The number of benzene rings is 5. The molecule has 0 N–H and O–H groups in total. The van der Waals surface area contributed by atoms with E-state index in [1.807, 2.05) is 43.5 Å². The molecule has 0 atom stereocenters. The monoisotopic (exact) mass is 890 g/mol. The Morgan fingerprint density at radius 2 is 1.48 bits per heavy atom. The first-order valence-corrected chi connectivity index (χ1v) is 17.8. The third kappa shape index (κ3) is 6.63. The van der Waals surface area contributed by atoms with E-state index >= 15 is 0 Å². The molecule has 0 saturated carbocycles. The van der Waals surface area contributed by atoms with Crippen LogP contribution in [0.5, 0.6) is 0 Å². The Bertz CT molecular complexity index is 2870. The Labute approximate surface area is 332 Å². The molecule has 0 saturated heterocycles. The van der Waals surface area contributed by atoms with E-state index in [1.54, 1.807) is 12.3 Å². The summed E-state index contributed by atoms with van der Waals surface area (Å²) in [5.74, 6) is 0.846. The standard InChI is InChI=1S/C34H28N3O.C13H11FN.Ir/c1-20(2)22-13-9-14-23(21(3)4)31(22)37-32-26-12-5-7-17-28(26)35-19-29(32)36-34(37)27-16-10-15-25-24-11-6-8-18-30(24)38-33(25)27;1-9-3-5-11(12(14)7-9)13-6-4-10(2)8-15-13;/h5-15,17-21H,1-4H3;3-4,6-8H,1-2H3;/q2*-1;/i;1D3;. The fourth-order valence-electron chi connectivity index (χ4n) is 7.00. The first kappa shape index (κ1) is 33.1. The number of pyridine rings is 2. The van der Waals surface area contributed by atoms with Crippen molar-refractivity contribution in [3.8, 4) is 28.3 Å². The summed E-state index contributed by atoms with van der Waals surface area (Å²) in [4.78, 5) is 14.1.